The molecule has 1 atom stereocenters. The second-order valence-electron chi connectivity index (χ2n) is 6.56. The van der Waals surface area contributed by atoms with Crippen LogP contribution < -0.4 is 4.74 Å². The first-order valence-electron chi connectivity index (χ1n) is 9.15. The molecule has 7 heteroatoms. The fourth-order valence-corrected chi connectivity index (χ4v) is 4.40. The molecule has 1 amide bonds. The fraction of sp³-hybridized carbons (Fsp3) is 0.333. The Morgan fingerprint density at radius 3 is 2.71 bits per heavy atom. The lowest BCUT2D eigenvalue weighted by molar-refractivity contribution is -0.139. The highest BCUT2D eigenvalue weighted by Gasteiger charge is 2.46. The number of hydrogen-bond acceptors (Lipinski definition) is 5. The molecule has 1 aromatic heterocycles. The van der Waals surface area contributed by atoms with Crippen LogP contribution in [-0.4, -0.2) is 35.4 Å². The zero-order chi connectivity index (χ0) is 20.3. The van der Waals surface area contributed by atoms with Gasteiger partial charge in [-0.05, 0) is 36.1 Å². The monoisotopic (exact) mass is 419 g/mol. The van der Waals surface area contributed by atoms with Gasteiger partial charge in [-0.25, -0.2) is 0 Å². The van der Waals surface area contributed by atoms with Crippen LogP contribution in [0.4, 0.5) is 0 Å². The number of hydrogen-bond donors (Lipinski definition) is 1. The van der Waals surface area contributed by atoms with E-state index in [2.05, 4.69) is 6.92 Å². The molecule has 1 aliphatic rings. The van der Waals surface area contributed by atoms with Gasteiger partial charge in [0.2, 0.25) is 0 Å². The number of nitrogens with zero attached hydrogens (tertiary/aromatic N) is 1. The number of amides is 1. The number of ketones is 1. The summed E-state index contributed by atoms with van der Waals surface area (Å²) in [5, 5.41) is 13.2. The van der Waals surface area contributed by atoms with Gasteiger partial charge in [-0.3, -0.25) is 9.59 Å². The van der Waals surface area contributed by atoms with E-state index in [1.54, 1.807) is 23.1 Å². The van der Waals surface area contributed by atoms with E-state index in [0.717, 1.165) is 24.1 Å². The Hall–Kier alpha value is -2.31. The molecule has 0 radical (unpaired) electrons. The van der Waals surface area contributed by atoms with E-state index in [1.165, 1.54) is 18.4 Å². The number of halogens is 1. The average molecular weight is 420 g/mol. The molecular weight excluding hydrogens is 398 g/mol. The summed E-state index contributed by atoms with van der Waals surface area (Å²) in [6, 6.07) is 7.94. The van der Waals surface area contributed by atoms with Crippen LogP contribution in [0.5, 0.6) is 5.75 Å². The molecule has 28 heavy (non-hydrogen) atoms. The van der Waals surface area contributed by atoms with Gasteiger partial charge in [0, 0.05) is 17.0 Å². The second kappa shape index (κ2) is 8.80. The van der Waals surface area contributed by atoms with Crippen molar-refractivity contribution in [2.45, 2.75) is 32.2 Å². The number of thiophene rings is 1. The molecule has 1 aliphatic heterocycles. The van der Waals surface area contributed by atoms with Gasteiger partial charge in [-0.1, -0.05) is 37.4 Å². The first-order chi connectivity index (χ1) is 13.5. The Morgan fingerprint density at radius 1 is 1.29 bits per heavy atom. The summed E-state index contributed by atoms with van der Waals surface area (Å²) in [4.78, 5) is 28.0. The quantitative estimate of drug-likeness (QED) is 0.296. The minimum absolute atomic E-state index is 0.0686. The number of unbranched alkanes of at least 4 members (excludes halogenated alkanes) is 2. The molecule has 1 fully saturated rings. The maximum atomic E-state index is 12.9. The molecule has 1 N–H and O–H groups in total. The lowest BCUT2D eigenvalue weighted by atomic mass is 9.99. The Bertz CT molecular complexity index is 907. The van der Waals surface area contributed by atoms with E-state index >= 15 is 0 Å². The summed E-state index contributed by atoms with van der Waals surface area (Å²) in [7, 11) is 1.51. The number of likely N-dealkylation sites (tertiary alicyclic amines) is 1. The number of ether oxygens (including phenoxy) is 1. The molecule has 0 spiro atoms. The van der Waals surface area contributed by atoms with Crippen molar-refractivity contribution in [1.29, 1.82) is 0 Å². The second-order valence-corrected chi connectivity index (χ2v) is 7.95. The Morgan fingerprint density at radius 2 is 2.07 bits per heavy atom. The number of methoxy groups -OCH3 is 1. The smallest absolute Gasteiger partial charge is 0.295 e. The molecule has 1 unspecified atom stereocenters. The molecule has 2 aromatic rings. The van der Waals surface area contributed by atoms with Crippen LogP contribution in [0.15, 0.2) is 41.3 Å². The maximum Gasteiger partial charge on any atom is 0.295 e. The third kappa shape index (κ3) is 3.80. The van der Waals surface area contributed by atoms with Crippen molar-refractivity contribution >= 4 is 40.4 Å². The number of rotatable bonds is 7. The summed E-state index contributed by atoms with van der Waals surface area (Å²) >= 11 is 7.71. The zero-order valence-corrected chi connectivity index (χ0v) is 17.3. The number of carbonyl (C=O) groups is 2. The van der Waals surface area contributed by atoms with Crippen LogP contribution in [0, 0.1) is 0 Å². The first-order valence-corrected chi connectivity index (χ1v) is 10.4. The molecule has 0 aliphatic carbocycles. The van der Waals surface area contributed by atoms with Gasteiger partial charge in [0.25, 0.3) is 11.7 Å². The highest BCUT2D eigenvalue weighted by Crippen LogP contribution is 2.42. The lowest BCUT2D eigenvalue weighted by Gasteiger charge is -2.24. The molecule has 1 aromatic carbocycles. The molecular formula is C21H22ClNO4S. The Balaban J connectivity index is 2.12. The van der Waals surface area contributed by atoms with Gasteiger partial charge in [0.05, 0.1) is 23.7 Å². The standard InChI is InChI=1S/C21H22ClNO4S/c1-3-4-5-10-23-18(16-7-6-11-28-16)17(20(25)21(23)26)19(24)14-12-13(27-2)8-9-15(14)22/h6-9,11-12,18,24H,3-5,10H2,1-2H3/b19-17-. The summed E-state index contributed by atoms with van der Waals surface area (Å²) < 4.78 is 5.20. The number of aliphatic hydroxyl groups is 1. The van der Waals surface area contributed by atoms with Crippen molar-refractivity contribution < 1.29 is 19.4 Å². The van der Waals surface area contributed by atoms with E-state index in [1.807, 2.05) is 17.5 Å². The van der Waals surface area contributed by atoms with E-state index < -0.39 is 17.7 Å². The lowest BCUT2D eigenvalue weighted by Crippen LogP contribution is -2.30. The van der Waals surface area contributed by atoms with Gasteiger partial charge >= 0.3 is 0 Å². The number of aliphatic hydroxyl groups excluding tert-OH is 1. The van der Waals surface area contributed by atoms with Crippen molar-refractivity contribution in [2.75, 3.05) is 13.7 Å². The highest BCUT2D eigenvalue weighted by atomic mass is 35.5. The minimum atomic E-state index is -0.689. The topological polar surface area (TPSA) is 66.8 Å². The van der Waals surface area contributed by atoms with Crippen LogP contribution in [0.1, 0.15) is 42.7 Å². The van der Waals surface area contributed by atoms with Crippen LogP contribution >= 0.6 is 22.9 Å². The van der Waals surface area contributed by atoms with E-state index in [9.17, 15) is 14.7 Å². The molecule has 3 rings (SSSR count). The average Bonchev–Trinajstić information content (AvgIpc) is 3.30. The Labute approximate surface area is 173 Å². The van der Waals surface area contributed by atoms with Gasteiger partial charge in [-0.15, -0.1) is 11.3 Å². The van der Waals surface area contributed by atoms with Crippen LogP contribution in [0.2, 0.25) is 5.02 Å². The third-order valence-corrected chi connectivity index (χ3v) is 6.04. The maximum absolute atomic E-state index is 12.9. The molecule has 0 bridgehead atoms. The summed E-state index contributed by atoms with van der Waals surface area (Å²) in [6.45, 7) is 2.54. The van der Waals surface area contributed by atoms with Crippen molar-refractivity contribution in [2.24, 2.45) is 0 Å². The summed E-state index contributed by atoms with van der Waals surface area (Å²) in [6.07, 6.45) is 2.76. The van der Waals surface area contributed by atoms with Gasteiger partial charge in [0.1, 0.15) is 11.5 Å². The largest absolute Gasteiger partial charge is 0.507 e. The van der Waals surface area contributed by atoms with Crippen molar-refractivity contribution in [1.82, 2.24) is 4.90 Å². The number of benzene rings is 1. The van der Waals surface area contributed by atoms with Gasteiger partial charge < -0.3 is 14.7 Å². The van der Waals surface area contributed by atoms with Gasteiger partial charge in [-0.2, -0.15) is 0 Å². The van der Waals surface area contributed by atoms with Crippen molar-refractivity contribution in [3.8, 4) is 5.75 Å². The zero-order valence-electron chi connectivity index (χ0n) is 15.8. The summed E-state index contributed by atoms with van der Waals surface area (Å²) in [5.74, 6) is -1.06. The molecule has 0 saturated carbocycles. The first kappa shape index (κ1) is 20.4. The predicted octanol–water partition coefficient (Wildman–Crippen LogP) is 5.02. The fourth-order valence-electron chi connectivity index (χ4n) is 3.34. The minimum Gasteiger partial charge on any atom is -0.507 e. The predicted molar refractivity (Wildman–Crippen MR) is 111 cm³/mol. The number of Topliss-reactive ketones (excluding diaryl/α,β-unsaturated/α-hetero) is 1. The van der Waals surface area contributed by atoms with Crippen molar-refractivity contribution in [3.05, 3.63) is 56.7 Å². The number of carbonyl (C=O) groups excluding carboxylic acids is 2. The summed E-state index contributed by atoms with van der Waals surface area (Å²) in [5.41, 5.74) is 0.341. The van der Waals surface area contributed by atoms with Gasteiger partial charge in [0.15, 0.2) is 0 Å². The van der Waals surface area contributed by atoms with Crippen LogP contribution in [0.25, 0.3) is 5.76 Å². The molecule has 148 valence electrons. The van der Waals surface area contributed by atoms with Crippen molar-refractivity contribution in [3.63, 3.8) is 0 Å². The molecule has 5 nitrogen and oxygen atoms in total. The van der Waals surface area contributed by atoms with E-state index in [-0.39, 0.29) is 21.9 Å². The van der Waals surface area contributed by atoms with Crippen LogP contribution in [-0.2, 0) is 9.59 Å². The highest BCUT2D eigenvalue weighted by molar-refractivity contribution is 7.10. The molecule has 1 saturated heterocycles. The SMILES string of the molecule is CCCCCN1C(=O)C(=O)/C(=C(\O)c2cc(OC)ccc2Cl)C1c1cccs1. The van der Waals surface area contributed by atoms with E-state index in [0.29, 0.717) is 12.3 Å². The Kier molecular flexibility index (Phi) is 6.42. The van der Waals surface area contributed by atoms with E-state index in [4.69, 9.17) is 16.3 Å². The third-order valence-electron chi connectivity index (χ3n) is 4.78. The molecule has 2 heterocycles. The van der Waals surface area contributed by atoms with Crippen LogP contribution in [0.3, 0.4) is 0 Å². The normalized spacial score (nSPS) is 18.7.